The van der Waals surface area contributed by atoms with Crippen LogP contribution in [0.5, 0.6) is 0 Å². The van der Waals surface area contributed by atoms with Crippen molar-refractivity contribution in [3.8, 4) is 0 Å². The zero-order valence-electron chi connectivity index (χ0n) is 10.1. The van der Waals surface area contributed by atoms with E-state index in [-0.39, 0.29) is 5.91 Å². The van der Waals surface area contributed by atoms with E-state index in [2.05, 4.69) is 5.32 Å². The average Bonchev–Trinajstić information content (AvgIpc) is 2.77. The van der Waals surface area contributed by atoms with E-state index in [0.717, 1.165) is 18.1 Å². The molecule has 1 fully saturated rings. The predicted octanol–water partition coefficient (Wildman–Crippen LogP) is 1.22. The maximum absolute atomic E-state index is 11.4. The van der Waals surface area contributed by atoms with Gasteiger partial charge in [0, 0.05) is 17.4 Å². The Kier molecular flexibility index (Phi) is 7.42. The summed E-state index contributed by atoms with van der Waals surface area (Å²) in [5.41, 5.74) is 0. The van der Waals surface area contributed by atoms with Gasteiger partial charge in [0.15, 0.2) is 0 Å². The minimum atomic E-state index is -1.48. The van der Waals surface area contributed by atoms with Crippen molar-refractivity contribution in [1.29, 1.82) is 0 Å². The lowest BCUT2D eigenvalue weighted by atomic mass is 9.81. The summed E-state index contributed by atoms with van der Waals surface area (Å²) in [5, 5.41) is 21.0. The van der Waals surface area contributed by atoms with Crippen molar-refractivity contribution in [3.05, 3.63) is 0 Å². The van der Waals surface area contributed by atoms with Crippen LogP contribution < -0.4 is 5.32 Å². The highest BCUT2D eigenvalue weighted by Gasteiger charge is 2.20. The SMILES string of the molecule is C[C@@H](NC(=O)CCCCC1CCSS1)B(O)O. The molecule has 0 aromatic heterocycles. The monoisotopic (exact) mass is 277 g/mol. The van der Waals surface area contributed by atoms with Gasteiger partial charge in [-0.3, -0.25) is 4.79 Å². The summed E-state index contributed by atoms with van der Waals surface area (Å²) in [4.78, 5) is 11.4. The third-order valence-corrected chi connectivity index (χ3v) is 5.75. The zero-order chi connectivity index (χ0) is 12.7. The van der Waals surface area contributed by atoms with Crippen molar-refractivity contribution in [3.63, 3.8) is 0 Å². The normalized spacial score (nSPS) is 21.2. The molecule has 0 bridgehead atoms. The summed E-state index contributed by atoms with van der Waals surface area (Å²) in [6.45, 7) is 1.58. The molecule has 0 saturated carbocycles. The van der Waals surface area contributed by atoms with Crippen molar-refractivity contribution >= 4 is 34.6 Å². The molecular formula is C10H20BNO3S2. The van der Waals surface area contributed by atoms with E-state index in [1.807, 2.05) is 21.6 Å². The second-order valence-electron chi connectivity index (χ2n) is 4.34. The first-order valence-electron chi connectivity index (χ1n) is 6.03. The van der Waals surface area contributed by atoms with Gasteiger partial charge >= 0.3 is 7.12 Å². The number of rotatable bonds is 7. The number of unbranched alkanes of at least 4 members (excludes halogenated alkanes) is 1. The number of carbonyl (C=O) groups excluding carboxylic acids is 1. The van der Waals surface area contributed by atoms with Crippen LogP contribution >= 0.6 is 21.6 Å². The predicted molar refractivity (Wildman–Crippen MR) is 74.7 cm³/mol. The summed E-state index contributed by atoms with van der Waals surface area (Å²) >= 11 is 0. The van der Waals surface area contributed by atoms with Gasteiger partial charge in [0.1, 0.15) is 0 Å². The zero-order valence-corrected chi connectivity index (χ0v) is 11.7. The van der Waals surface area contributed by atoms with Crippen molar-refractivity contribution in [2.75, 3.05) is 5.75 Å². The van der Waals surface area contributed by atoms with E-state index in [9.17, 15) is 4.79 Å². The molecule has 98 valence electrons. The minimum Gasteiger partial charge on any atom is -0.426 e. The topological polar surface area (TPSA) is 69.6 Å². The summed E-state index contributed by atoms with van der Waals surface area (Å²) in [6, 6.07) is 0. The fourth-order valence-electron chi connectivity index (χ4n) is 1.62. The van der Waals surface area contributed by atoms with Crippen LogP contribution in [-0.2, 0) is 4.79 Å². The van der Waals surface area contributed by atoms with Gasteiger partial charge in [0.2, 0.25) is 5.91 Å². The molecule has 2 atom stereocenters. The van der Waals surface area contributed by atoms with Gasteiger partial charge in [-0.05, 0) is 26.2 Å². The Labute approximate surface area is 111 Å². The summed E-state index contributed by atoms with van der Waals surface area (Å²) in [5.74, 6) is 0.560. The molecule has 0 aromatic carbocycles. The third-order valence-electron chi connectivity index (χ3n) is 2.74. The molecule has 0 aromatic rings. The Morgan fingerprint density at radius 1 is 1.53 bits per heavy atom. The molecule has 1 heterocycles. The molecule has 1 saturated heterocycles. The van der Waals surface area contributed by atoms with E-state index >= 15 is 0 Å². The Balaban J connectivity index is 1.99. The Hall–Kier alpha value is 0.155. The lowest BCUT2D eigenvalue weighted by molar-refractivity contribution is -0.121. The Morgan fingerprint density at radius 2 is 2.29 bits per heavy atom. The lowest BCUT2D eigenvalue weighted by Gasteiger charge is -2.12. The molecule has 0 radical (unpaired) electrons. The fraction of sp³-hybridized carbons (Fsp3) is 0.900. The van der Waals surface area contributed by atoms with Crippen LogP contribution in [-0.4, -0.2) is 40.0 Å². The first-order valence-corrected chi connectivity index (χ1v) is 8.41. The number of amides is 1. The van der Waals surface area contributed by atoms with Crippen LogP contribution in [0.25, 0.3) is 0 Å². The highest BCUT2D eigenvalue weighted by Crippen LogP contribution is 2.39. The van der Waals surface area contributed by atoms with E-state index in [4.69, 9.17) is 10.0 Å². The Morgan fingerprint density at radius 3 is 2.88 bits per heavy atom. The smallest absolute Gasteiger partial charge is 0.426 e. The van der Waals surface area contributed by atoms with E-state index in [1.165, 1.54) is 18.6 Å². The molecule has 1 aliphatic heterocycles. The minimum absolute atomic E-state index is 0.0981. The number of hydrogen-bond donors (Lipinski definition) is 3. The molecule has 1 aliphatic rings. The largest absolute Gasteiger partial charge is 0.475 e. The van der Waals surface area contributed by atoms with E-state index in [0.29, 0.717) is 6.42 Å². The molecule has 3 N–H and O–H groups in total. The second-order valence-corrected chi connectivity index (χ2v) is 7.13. The van der Waals surface area contributed by atoms with Crippen molar-refractivity contribution < 1.29 is 14.8 Å². The first-order chi connectivity index (χ1) is 8.09. The summed E-state index contributed by atoms with van der Waals surface area (Å²) in [7, 11) is 2.43. The summed E-state index contributed by atoms with van der Waals surface area (Å²) in [6.07, 6.45) is 4.89. The molecular weight excluding hydrogens is 257 g/mol. The number of nitrogens with one attached hydrogen (secondary N) is 1. The fourth-order valence-corrected chi connectivity index (χ4v) is 4.65. The molecule has 7 heteroatoms. The van der Waals surface area contributed by atoms with Gasteiger partial charge in [-0.25, -0.2) is 0 Å². The number of hydrogen-bond acceptors (Lipinski definition) is 5. The van der Waals surface area contributed by atoms with Gasteiger partial charge in [-0.1, -0.05) is 28.0 Å². The van der Waals surface area contributed by atoms with Gasteiger partial charge in [-0.15, -0.1) is 0 Å². The molecule has 1 amide bonds. The first kappa shape index (κ1) is 15.2. The maximum Gasteiger partial charge on any atom is 0.475 e. The van der Waals surface area contributed by atoms with Crippen LogP contribution in [0.15, 0.2) is 0 Å². The van der Waals surface area contributed by atoms with Crippen LogP contribution in [0.2, 0.25) is 0 Å². The van der Waals surface area contributed by atoms with Gasteiger partial charge in [0.05, 0.1) is 5.94 Å². The molecule has 1 unspecified atom stereocenters. The molecule has 1 rings (SSSR count). The van der Waals surface area contributed by atoms with Gasteiger partial charge in [0.25, 0.3) is 0 Å². The van der Waals surface area contributed by atoms with Crippen LogP contribution in [0, 0.1) is 0 Å². The quantitative estimate of drug-likeness (QED) is 0.371. The van der Waals surface area contributed by atoms with Crippen LogP contribution in [0.3, 0.4) is 0 Å². The standard InChI is InChI=1S/C10H20BNO3S2/c1-8(11(14)15)12-10(13)5-3-2-4-9-6-7-16-17-9/h8-9,14-15H,2-7H2,1H3,(H,12,13)/t8-,9?/m1/s1. The molecule has 0 aliphatic carbocycles. The van der Waals surface area contributed by atoms with E-state index in [1.54, 1.807) is 6.92 Å². The maximum atomic E-state index is 11.4. The highest BCUT2D eigenvalue weighted by atomic mass is 33.1. The molecule has 0 spiro atoms. The molecule has 17 heavy (non-hydrogen) atoms. The van der Waals surface area contributed by atoms with Crippen molar-refractivity contribution in [1.82, 2.24) is 5.32 Å². The van der Waals surface area contributed by atoms with Crippen LogP contribution in [0.1, 0.15) is 39.0 Å². The second kappa shape index (κ2) is 8.29. The van der Waals surface area contributed by atoms with E-state index < -0.39 is 13.1 Å². The Bertz CT molecular complexity index is 238. The van der Waals surface area contributed by atoms with Crippen LogP contribution in [0.4, 0.5) is 0 Å². The van der Waals surface area contributed by atoms with Crippen molar-refractivity contribution in [2.24, 2.45) is 0 Å². The number of carbonyl (C=O) groups is 1. The highest BCUT2D eigenvalue weighted by molar-refractivity contribution is 8.77. The summed E-state index contributed by atoms with van der Waals surface area (Å²) < 4.78 is 0. The average molecular weight is 277 g/mol. The molecule has 4 nitrogen and oxygen atoms in total. The van der Waals surface area contributed by atoms with Gasteiger partial charge < -0.3 is 15.4 Å². The third kappa shape index (κ3) is 6.59. The van der Waals surface area contributed by atoms with Gasteiger partial charge in [-0.2, -0.15) is 0 Å². The van der Waals surface area contributed by atoms with Crippen molar-refractivity contribution in [2.45, 2.75) is 50.2 Å². The lowest BCUT2D eigenvalue weighted by Crippen LogP contribution is -2.44.